The molecule has 2 N–H and O–H groups in total. The van der Waals surface area contributed by atoms with Gasteiger partial charge in [-0.05, 0) is 90.6 Å². The summed E-state index contributed by atoms with van der Waals surface area (Å²) in [5.41, 5.74) is 7.16. The predicted molar refractivity (Wildman–Crippen MR) is 182 cm³/mol. The Kier molecular flexibility index (Phi) is 7.90. The van der Waals surface area contributed by atoms with Crippen molar-refractivity contribution in [1.29, 1.82) is 0 Å². The number of aromatic carboxylic acids is 1. The summed E-state index contributed by atoms with van der Waals surface area (Å²) in [6.45, 7) is 2.92. The summed E-state index contributed by atoms with van der Waals surface area (Å²) in [6, 6.07) is 32.5. The number of carbonyl (C=O) groups excluding carboxylic acids is 1. The first-order chi connectivity index (χ1) is 22.4. The molecule has 0 fully saturated rings. The number of pyridine rings is 1. The molecule has 0 spiro atoms. The van der Waals surface area contributed by atoms with Crippen molar-refractivity contribution >= 4 is 44.4 Å². The van der Waals surface area contributed by atoms with E-state index in [0.717, 1.165) is 62.3 Å². The van der Waals surface area contributed by atoms with Crippen LogP contribution in [0.2, 0.25) is 0 Å². The zero-order valence-electron chi connectivity index (χ0n) is 25.1. The summed E-state index contributed by atoms with van der Waals surface area (Å²) >= 11 is 1.44. The molecule has 1 aliphatic rings. The molecule has 0 aliphatic carbocycles. The molecular weight excluding hydrogens is 596 g/mol. The first kappa shape index (κ1) is 29.2. The average Bonchev–Trinajstić information content (AvgIpc) is 3.49. The van der Waals surface area contributed by atoms with Crippen molar-refractivity contribution in [2.45, 2.75) is 26.4 Å². The number of rotatable bonds is 7. The number of carboxylic acid groups (broad SMARTS) is 1. The van der Waals surface area contributed by atoms with Crippen LogP contribution in [0.25, 0.3) is 32.6 Å². The zero-order chi connectivity index (χ0) is 31.6. The van der Waals surface area contributed by atoms with Gasteiger partial charge >= 0.3 is 12.0 Å². The maximum Gasteiger partial charge on any atom is 0.355 e. The molecule has 0 radical (unpaired) electrons. The van der Waals surface area contributed by atoms with Crippen LogP contribution in [0.15, 0.2) is 103 Å². The Morgan fingerprint density at radius 3 is 2.63 bits per heavy atom. The highest BCUT2D eigenvalue weighted by Crippen LogP contribution is 2.34. The van der Waals surface area contributed by atoms with E-state index < -0.39 is 5.97 Å². The quantitative estimate of drug-likeness (QED) is 0.184. The normalized spacial score (nSPS) is 12.5. The molecule has 0 saturated carbocycles. The second-order valence-corrected chi connectivity index (χ2v) is 12.2. The second kappa shape index (κ2) is 12.5. The molecule has 6 aromatic rings. The minimum atomic E-state index is -1.12. The highest BCUT2D eigenvalue weighted by atomic mass is 32.1. The Balaban J connectivity index is 1.15. The summed E-state index contributed by atoms with van der Waals surface area (Å²) in [5, 5.41) is 13.7. The summed E-state index contributed by atoms with van der Waals surface area (Å²) in [7, 11) is 0. The lowest BCUT2D eigenvalue weighted by atomic mass is 9.97. The number of fused-ring (bicyclic) bond motifs is 2. The van der Waals surface area contributed by atoms with E-state index in [-0.39, 0.29) is 11.7 Å². The van der Waals surface area contributed by atoms with Crippen LogP contribution >= 0.6 is 11.3 Å². The number of nitrogens with one attached hydrogen (secondary N) is 1. The lowest BCUT2D eigenvalue weighted by molar-refractivity contribution is 0.0691. The topological polar surface area (TPSA) is 105 Å². The largest absolute Gasteiger partial charge is 0.489 e. The number of nitrogens with zero attached hydrogens (tertiary/aromatic N) is 3. The molecule has 0 saturated heterocycles. The van der Waals surface area contributed by atoms with Gasteiger partial charge in [0.2, 0.25) is 0 Å². The number of anilines is 2. The van der Waals surface area contributed by atoms with Crippen molar-refractivity contribution in [3.8, 4) is 28.1 Å². The van der Waals surface area contributed by atoms with Gasteiger partial charge < -0.3 is 9.84 Å². The van der Waals surface area contributed by atoms with Gasteiger partial charge in [-0.25, -0.2) is 19.6 Å². The number of amides is 2. The molecule has 0 atom stereocenters. The van der Waals surface area contributed by atoms with Gasteiger partial charge in [-0.1, -0.05) is 65.9 Å². The molecular formula is C37H30N4O4S. The number of hydrogen-bond acceptors (Lipinski definition) is 6. The van der Waals surface area contributed by atoms with E-state index in [1.807, 2.05) is 104 Å². The number of hydrogen-bond donors (Lipinski definition) is 2. The number of aromatic nitrogens is 2. The third kappa shape index (κ3) is 6.05. The van der Waals surface area contributed by atoms with Gasteiger partial charge in [0.15, 0.2) is 10.8 Å². The van der Waals surface area contributed by atoms with E-state index in [0.29, 0.717) is 29.5 Å². The van der Waals surface area contributed by atoms with E-state index in [1.165, 1.54) is 11.3 Å². The van der Waals surface area contributed by atoms with Crippen LogP contribution in [-0.4, -0.2) is 33.6 Å². The number of thiazole rings is 1. The summed E-state index contributed by atoms with van der Waals surface area (Å²) < 4.78 is 6.97. The maximum atomic E-state index is 13.4. The van der Waals surface area contributed by atoms with Crippen LogP contribution in [0.1, 0.15) is 33.6 Å². The van der Waals surface area contributed by atoms with Crippen LogP contribution in [0, 0.1) is 6.92 Å². The SMILES string of the molecule is Cc1cccc(OCc2cccc(-c3ccc(-c4ccc5c(c4)N(C(=O)Nc4nc6ccccc6s4)CCC5)nc3C(=O)O)c2)c1. The Bertz CT molecular complexity index is 2070. The van der Waals surface area contributed by atoms with Crippen molar-refractivity contribution in [2.75, 3.05) is 16.8 Å². The minimum Gasteiger partial charge on any atom is -0.489 e. The molecule has 4 aromatic carbocycles. The number of carbonyl (C=O) groups is 2. The van der Waals surface area contributed by atoms with Gasteiger partial charge in [-0.2, -0.15) is 0 Å². The van der Waals surface area contributed by atoms with E-state index >= 15 is 0 Å². The Morgan fingerprint density at radius 2 is 1.78 bits per heavy atom. The van der Waals surface area contributed by atoms with Crippen molar-refractivity contribution in [3.05, 3.63) is 126 Å². The van der Waals surface area contributed by atoms with Crippen molar-refractivity contribution in [3.63, 3.8) is 0 Å². The molecule has 8 nitrogen and oxygen atoms in total. The number of carboxylic acids is 1. The zero-order valence-corrected chi connectivity index (χ0v) is 25.9. The monoisotopic (exact) mass is 626 g/mol. The summed E-state index contributed by atoms with van der Waals surface area (Å²) in [5.74, 6) is -0.339. The fraction of sp³-hybridized carbons (Fsp3) is 0.135. The third-order valence-electron chi connectivity index (χ3n) is 7.98. The molecule has 9 heteroatoms. The standard InChI is InChI=1S/C37H30N4O4S/c1-23-7-4-11-28(19-23)45-22-24-8-5-9-26(20-24)29-16-17-30(38-34(29)35(42)43)27-15-14-25-10-6-18-41(32(25)21-27)37(44)40-36-39-31-12-2-3-13-33(31)46-36/h2-5,7-9,11-17,19-21H,6,10,18,22H2,1H3,(H,42,43)(H,39,40,44). The molecule has 2 amide bonds. The Hall–Kier alpha value is -5.54. The average molecular weight is 627 g/mol. The van der Waals surface area contributed by atoms with Gasteiger partial charge in [0.1, 0.15) is 12.4 Å². The van der Waals surface area contributed by atoms with Gasteiger partial charge in [-0.3, -0.25) is 10.2 Å². The van der Waals surface area contributed by atoms with Gasteiger partial charge in [-0.15, -0.1) is 0 Å². The molecule has 228 valence electrons. The van der Waals surface area contributed by atoms with Crippen LogP contribution in [0.4, 0.5) is 15.6 Å². The lowest BCUT2D eigenvalue weighted by Gasteiger charge is -2.29. The number of urea groups is 1. The summed E-state index contributed by atoms with van der Waals surface area (Å²) in [4.78, 5) is 36.8. The van der Waals surface area contributed by atoms with Crippen molar-refractivity contribution < 1.29 is 19.4 Å². The smallest absolute Gasteiger partial charge is 0.355 e. The molecule has 0 unspecified atom stereocenters. The lowest BCUT2D eigenvalue weighted by Crippen LogP contribution is -2.38. The predicted octanol–water partition coefficient (Wildman–Crippen LogP) is 8.60. The fourth-order valence-electron chi connectivity index (χ4n) is 5.75. The van der Waals surface area contributed by atoms with E-state index in [4.69, 9.17) is 4.74 Å². The molecule has 46 heavy (non-hydrogen) atoms. The fourth-order valence-corrected chi connectivity index (χ4v) is 6.60. The first-order valence-electron chi connectivity index (χ1n) is 15.0. The van der Waals surface area contributed by atoms with Crippen LogP contribution < -0.4 is 15.0 Å². The van der Waals surface area contributed by atoms with Crippen LogP contribution in [0.5, 0.6) is 5.75 Å². The number of ether oxygens (including phenoxy) is 1. The first-order valence-corrected chi connectivity index (χ1v) is 15.8. The Labute approximate surface area is 270 Å². The maximum absolute atomic E-state index is 13.4. The third-order valence-corrected chi connectivity index (χ3v) is 8.94. The molecule has 3 heterocycles. The highest BCUT2D eigenvalue weighted by Gasteiger charge is 2.25. The molecule has 0 bridgehead atoms. The summed E-state index contributed by atoms with van der Waals surface area (Å²) in [6.07, 6.45) is 1.68. The van der Waals surface area contributed by atoms with Gasteiger partial charge in [0.25, 0.3) is 0 Å². The molecule has 2 aromatic heterocycles. The number of benzene rings is 4. The van der Waals surface area contributed by atoms with Crippen molar-refractivity contribution in [2.24, 2.45) is 0 Å². The van der Waals surface area contributed by atoms with E-state index in [1.54, 1.807) is 11.0 Å². The molecule has 7 rings (SSSR count). The van der Waals surface area contributed by atoms with Crippen LogP contribution in [-0.2, 0) is 13.0 Å². The number of para-hydroxylation sites is 1. The van der Waals surface area contributed by atoms with Crippen LogP contribution in [0.3, 0.4) is 0 Å². The minimum absolute atomic E-state index is 0.0441. The molecule has 1 aliphatic heterocycles. The van der Waals surface area contributed by atoms with E-state index in [9.17, 15) is 14.7 Å². The van der Waals surface area contributed by atoms with Crippen molar-refractivity contribution in [1.82, 2.24) is 9.97 Å². The van der Waals surface area contributed by atoms with Gasteiger partial charge in [0.05, 0.1) is 15.9 Å². The van der Waals surface area contributed by atoms with Gasteiger partial charge in [0, 0.05) is 23.4 Å². The highest BCUT2D eigenvalue weighted by molar-refractivity contribution is 7.22. The second-order valence-electron chi connectivity index (χ2n) is 11.2. The number of aryl methyl sites for hydroxylation is 2. The Morgan fingerprint density at radius 1 is 0.913 bits per heavy atom. The van der Waals surface area contributed by atoms with E-state index in [2.05, 4.69) is 15.3 Å².